The molecule has 108 valence electrons. The zero-order valence-corrected chi connectivity index (χ0v) is 11.7. The van der Waals surface area contributed by atoms with Crippen molar-refractivity contribution < 1.29 is 18.7 Å². The number of amides is 1. The molecule has 1 aromatic carbocycles. The molecule has 1 amide bonds. The summed E-state index contributed by atoms with van der Waals surface area (Å²) in [6.45, 7) is -2.28. The van der Waals surface area contributed by atoms with Gasteiger partial charge in [-0.3, -0.25) is 4.79 Å². The summed E-state index contributed by atoms with van der Waals surface area (Å²) in [5, 5.41) is 11.6. The minimum absolute atomic E-state index is 0.149. The topological polar surface area (TPSA) is 75.4 Å². The van der Waals surface area contributed by atoms with Crippen LogP contribution in [0.5, 0.6) is 0 Å². The molecular formula is C12H11ClF2N2O2S. The van der Waals surface area contributed by atoms with Crippen molar-refractivity contribution in [1.82, 2.24) is 5.32 Å². The zero-order chi connectivity index (χ0) is 14.9. The molecule has 1 aromatic heterocycles. The van der Waals surface area contributed by atoms with E-state index in [9.17, 15) is 13.6 Å². The van der Waals surface area contributed by atoms with Crippen LogP contribution in [0, 0.1) is 0 Å². The van der Waals surface area contributed by atoms with Crippen molar-refractivity contribution in [3.63, 3.8) is 0 Å². The molecule has 1 heterocycles. The Kier molecular flexibility index (Phi) is 4.12. The van der Waals surface area contributed by atoms with Gasteiger partial charge in [0, 0.05) is 15.1 Å². The van der Waals surface area contributed by atoms with Gasteiger partial charge < -0.3 is 16.2 Å². The molecule has 0 aliphatic rings. The van der Waals surface area contributed by atoms with E-state index in [4.69, 9.17) is 22.4 Å². The molecule has 0 atom stereocenters. The first-order chi connectivity index (χ1) is 9.34. The Morgan fingerprint density at radius 2 is 2.20 bits per heavy atom. The third kappa shape index (κ3) is 3.00. The average Bonchev–Trinajstić information content (AvgIpc) is 2.74. The maximum Gasteiger partial charge on any atom is 0.287 e. The van der Waals surface area contributed by atoms with Gasteiger partial charge in [0.25, 0.3) is 11.8 Å². The van der Waals surface area contributed by atoms with E-state index in [0.717, 1.165) is 16.0 Å². The van der Waals surface area contributed by atoms with Crippen molar-refractivity contribution in [3.8, 4) is 0 Å². The first-order valence-corrected chi connectivity index (χ1v) is 6.78. The fourth-order valence-corrected chi connectivity index (χ4v) is 2.80. The number of aliphatic hydroxyl groups is 1. The van der Waals surface area contributed by atoms with Crippen LogP contribution in [0.1, 0.15) is 9.67 Å². The Labute approximate surface area is 122 Å². The highest BCUT2D eigenvalue weighted by Gasteiger charge is 2.29. The van der Waals surface area contributed by atoms with Gasteiger partial charge in [-0.25, -0.2) is 8.78 Å². The number of fused-ring (bicyclic) bond motifs is 1. The van der Waals surface area contributed by atoms with Gasteiger partial charge in [0.15, 0.2) is 0 Å². The van der Waals surface area contributed by atoms with E-state index in [2.05, 4.69) is 5.32 Å². The molecular weight excluding hydrogens is 310 g/mol. The van der Waals surface area contributed by atoms with E-state index in [0.29, 0.717) is 10.4 Å². The molecule has 0 saturated heterocycles. The molecule has 4 nitrogen and oxygen atoms in total. The van der Waals surface area contributed by atoms with E-state index in [-0.39, 0.29) is 10.6 Å². The van der Waals surface area contributed by atoms with Gasteiger partial charge in [0.1, 0.15) is 11.5 Å². The van der Waals surface area contributed by atoms with Crippen LogP contribution < -0.4 is 11.1 Å². The first-order valence-electron chi connectivity index (χ1n) is 5.58. The van der Waals surface area contributed by atoms with Crippen LogP contribution in [0.3, 0.4) is 0 Å². The lowest BCUT2D eigenvalue weighted by atomic mass is 10.2. The molecule has 0 unspecified atom stereocenters. The number of carbonyl (C=O) groups excluding carboxylic acids is 1. The van der Waals surface area contributed by atoms with Crippen molar-refractivity contribution in [1.29, 1.82) is 0 Å². The Morgan fingerprint density at radius 1 is 1.50 bits per heavy atom. The van der Waals surface area contributed by atoms with Crippen LogP contribution in [0.25, 0.3) is 10.1 Å². The summed E-state index contributed by atoms with van der Waals surface area (Å²) in [6, 6.07) is 4.97. The van der Waals surface area contributed by atoms with E-state index < -0.39 is 25.0 Å². The molecule has 2 aromatic rings. The van der Waals surface area contributed by atoms with Crippen molar-refractivity contribution in [2.24, 2.45) is 0 Å². The molecule has 4 N–H and O–H groups in total. The molecule has 0 spiro atoms. The number of anilines is 1. The summed E-state index contributed by atoms with van der Waals surface area (Å²) in [5.74, 6) is -4.06. The van der Waals surface area contributed by atoms with Gasteiger partial charge in [-0.15, -0.1) is 11.3 Å². The summed E-state index contributed by atoms with van der Waals surface area (Å²) in [5.41, 5.74) is 6.04. The van der Waals surface area contributed by atoms with Gasteiger partial charge in [-0.1, -0.05) is 11.6 Å². The maximum atomic E-state index is 12.9. The quantitative estimate of drug-likeness (QED) is 0.810. The van der Waals surface area contributed by atoms with E-state index in [1.54, 1.807) is 18.2 Å². The van der Waals surface area contributed by atoms with E-state index >= 15 is 0 Å². The minimum atomic E-state index is -3.36. The summed E-state index contributed by atoms with van der Waals surface area (Å²) >= 11 is 6.94. The number of alkyl halides is 2. The number of carbonyl (C=O) groups is 1. The third-order valence-electron chi connectivity index (χ3n) is 2.63. The van der Waals surface area contributed by atoms with Crippen molar-refractivity contribution >= 4 is 44.6 Å². The summed E-state index contributed by atoms with van der Waals surface area (Å²) < 4.78 is 26.5. The number of rotatable bonds is 4. The lowest BCUT2D eigenvalue weighted by Gasteiger charge is -2.13. The van der Waals surface area contributed by atoms with Crippen LogP contribution in [0.15, 0.2) is 18.2 Å². The highest BCUT2D eigenvalue weighted by atomic mass is 35.5. The Morgan fingerprint density at radius 3 is 2.85 bits per heavy atom. The highest BCUT2D eigenvalue weighted by Crippen LogP contribution is 2.35. The molecule has 2 rings (SSSR count). The predicted octanol–water partition coefficient (Wildman–Crippen LogP) is 2.49. The van der Waals surface area contributed by atoms with Crippen molar-refractivity contribution in [2.45, 2.75) is 5.92 Å². The van der Waals surface area contributed by atoms with Gasteiger partial charge in [0.05, 0.1) is 12.2 Å². The molecule has 0 bridgehead atoms. The van der Waals surface area contributed by atoms with Crippen molar-refractivity contribution in [2.75, 3.05) is 18.9 Å². The third-order valence-corrected chi connectivity index (χ3v) is 4.05. The lowest BCUT2D eigenvalue weighted by molar-refractivity contribution is -0.0461. The SMILES string of the molecule is Nc1c(C(=O)NCC(F)(F)CO)sc2ccc(Cl)cc12. The summed E-state index contributed by atoms with van der Waals surface area (Å²) in [7, 11) is 0. The molecule has 8 heteroatoms. The Balaban J connectivity index is 2.25. The highest BCUT2D eigenvalue weighted by molar-refractivity contribution is 7.21. The van der Waals surface area contributed by atoms with E-state index in [1.165, 1.54) is 0 Å². The second-order valence-corrected chi connectivity index (χ2v) is 5.67. The number of aliphatic hydroxyl groups excluding tert-OH is 1. The number of halogens is 3. The molecule has 0 saturated carbocycles. The number of hydrogen-bond acceptors (Lipinski definition) is 4. The Hall–Kier alpha value is -1.44. The van der Waals surface area contributed by atoms with Gasteiger partial charge in [-0.2, -0.15) is 0 Å². The molecule has 0 aliphatic carbocycles. The van der Waals surface area contributed by atoms with Crippen LogP contribution in [0.4, 0.5) is 14.5 Å². The van der Waals surface area contributed by atoms with Crippen LogP contribution in [-0.2, 0) is 0 Å². The largest absolute Gasteiger partial charge is 0.397 e. The maximum absolute atomic E-state index is 12.9. The number of nitrogens with two attached hydrogens (primary N) is 1. The number of nitrogen functional groups attached to an aromatic ring is 1. The minimum Gasteiger partial charge on any atom is -0.397 e. The van der Waals surface area contributed by atoms with Crippen LogP contribution in [-0.4, -0.2) is 30.1 Å². The second kappa shape index (κ2) is 5.51. The fourth-order valence-electron chi connectivity index (χ4n) is 1.60. The van der Waals surface area contributed by atoms with Crippen LogP contribution >= 0.6 is 22.9 Å². The van der Waals surface area contributed by atoms with Gasteiger partial charge in [-0.05, 0) is 18.2 Å². The Bertz CT molecular complexity index is 660. The summed E-state index contributed by atoms with van der Waals surface area (Å²) in [4.78, 5) is 12.0. The van der Waals surface area contributed by atoms with Gasteiger partial charge >= 0.3 is 0 Å². The number of nitrogens with one attached hydrogen (secondary N) is 1. The second-order valence-electron chi connectivity index (χ2n) is 4.18. The van der Waals surface area contributed by atoms with Crippen molar-refractivity contribution in [3.05, 3.63) is 28.1 Å². The molecule has 0 aliphatic heterocycles. The fraction of sp³-hybridized carbons (Fsp3) is 0.250. The monoisotopic (exact) mass is 320 g/mol. The summed E-state index contributed by atoms with van der Waals surface area (Å²) in [6.07, 6.45) is 0. The zero-order valence-electron chi connectivity index (χ0n) is 10.1. The number of thiophene rings is 1. The lowest BCUT2D eigenvalue weighted by Crippen LogP contribution is -2.38. The normalized spacial score (nSPS) is 11.8. The number of benzene rings is 1. The average molecular weight is 321 g/mol. The molecule has 0 fully saturated rings. The smallest absolute Gasteiger partial charge is 0.287 e. The van der Waals surface area contributed by atoms with Gasteiger partial charge in [0.2, 0.25) is 0 Å². The van der Waals surface area contributed by atoms with Crippen LogP contribution in [0.2, 0.25) is 5.02 Å². The first kappa shape index (κ1) is 15.0. The standard InChI is InChI=1S/C12H11ClF2N2O2S/c13-6-1-2-8-7(3-6)9(16)10(20-8)11(19)17-4-12(14,15)5-18/h1-3,18H,4-5,16H2,(H,17,19). The molecule has 0 radical (unpaired) electrons. The molecule has 20 heavy (non-hydrogen) atoms. The predicted molar refractivity (Wildman–Crippen MR) is 75.6 cm³/mol. The van der Waals surface area contributed by atoms with E-state index in [1.807, 2.05) is 0 Å². The number of hydrogen-bond donors (Lipinski definition) is 3.